The standard InChI is InChI=1S/C31H28N4O4/c1-31-17-9-8-16-30(31)39-21-20-38-28-14-6-3-11-25(28)33-22-32-24-10-2-5-13-27(24)36-18-19-37-29-15-7-4-12-26(29)34-23-35-31/h2-16H,17-21H2,1H3. The maximum absolute atomic E-state index is 6.09. The summed E-state index contributed by atoms with van der Waals surface area (Å²) < 4.78 is 24.0. The van der Waals surface area contributed by atoms with E-state index in [1.54, 1.807) is 0 Å². The molecule has 1 unspecified atom stereocenters. The average Bonchev–Trinajstić information content (AvgIpc) is 2.96. The molecule has 0 aromatic heterocycles. The van der Waals surface area contributed by atoms with Crippen LogP contribution in [-0.2, 0) is 4.74 Å². The van der Waals surface area contributed by atoms with Crippen LogP contribution >= 0.6 is 0 Å². The van der Waals surface area contributed by atoms with Crippen LogP contribution in [0.2, 0.25) is 0 Å². The number of para-hydroxylation sites is 6. The van der Waals surface area contributed by atoms with Crippen molar-refractivity contribution in [2.75, 3.05) is 26.4 Å². The van der Waals surface area contributed by atoms with Gasteiger partial charge in [0, 0.05) is 0 Å². The summed E-state index contributed by atoms with van der Waals surface area (Å²) in [5.41, 5.74) is 1.21. The van der Waals surface area contributed by atoms with Crippen molar-refractivity contribution in [1.29, 1.82) is 0 Å². The van der Waals surface area contributed by atoms with E-state index in [4.69, 9.17) is 18.9 Å². The molecule has 0 radical (unpaired) electrons. The molecule has 0 bridgehead atoms. The molecule has 39 heavy (non-hydrogen) atoms. The lowest BCUT2D eigenvalue weighted by Gasteiger charge is -2.27. The van der Waals surface area contributed by atoms with Crippen LogP contribution in [0.15, 0.2) is 117 Å². The summed E-state index contributed by atoms with van der Waals surface area (Å²) in [5.74, 6) is 2.54. The van der Waals surface area contributed by atoms with E-state index in [0.717, 1.165) is 5.76 Å². The van der Waals surface area contributed by atoms with E-state index in [-0.39, 0.29) is 0 Å². The predicted octanol–water partition coefficient (Wildman–Crippen LogP) is 7.10. The fourth-order valence-electron chi connectivity index (χ4n) is 3.98. The first-order valence-electron chi connectivity index (χ1n) is 12.7. The van der Waals surface area contributed by atoms with Gasteiger partial charge in [0.1, 0.15) is 78.0 Å². The Balaban J connectivity index is 1.44. The molecule has 3 aromatic carbocycles. The van der Waals surface area contributed by atoms with Crippen molar-refractivity contribution >= 4 is 29.1 Å². The number of aliphatic imine (C=N–C) groups is 4. The summed E-state index contributed by atoms with van der Waals surface area (Å²) in [7, 11) is 0. The summed E-state index contributed by atoms with van der Waals surface area (Å²) in [6.45, 7) is 3.26. The molecule has 0 saturated heterocycles. The molecule has 1 heterocycles. The van der Waals surface area contributed by atoms with Crippen molar-refractivity contribution in [3.63, 3.8) is 0 Å². The highest BCUT2D eigenvalue weighted by atomic mass is 16.5. The van der Waals surface area contributed by atoms with E-state index < -0.39 is 5.54 Å². The van der Waals surface area contributed by atoms with Crippen molar-refractivity contribution in [1.82, 2.24) is 0 Å². The Morgan fingerprint density at radius 3 is 1.62 bits per heavy atom. The minimum Gasteiger partial charge on any atom is -0.492 e. The molecule has 2 aliphatic rings. The van der Waals surface area contributed by atoms with Crippen LogP contribution in [0.25, 0.3) is 0 Å². The van der Waals surface area contributed by atoms with Gasteiger partial charge >= 0.3 is 0 Å². The van der Waals surface area contributed by atoms with E-state index in [9.17, 15) is 0 Å². The van der Waals surface area contributed by atoms with E-state index >= 15 is 0 Å². The molecule has 1 aliphatic heterocycles. The van der Waals surface area contributed by atoms with E-state index in [1.807, 2.05) is 97.9 Å². The maximum atomic E-state index is 6.09. The maximum Gasteiger partial charge on any atom is 0.145 e. The second kappa shape index (κ2) is 12.6. The van der Waals surface area contributed by atoms with Gasteiger partial charge in [0.2, 0.25) is 0 Å². The number of fused-ring (bicyclic) bond motifs is 4. The van der Waals surface area contributed by atoms with Crippen LogP contribution in [0, 0.1) is 0 Å². The molecule has 5 rings (SSSR count). The van der Waals surface area contributed by atoms with Crippen molar-refractivity contribution in [2.24, 2.45) is 20.0 Å². The summed E-state index contributed by atoms with van der Waals surface area (Å²) in [5, 5.41) is 0. The molecule has 8 nitrogen and oxygen atoms in total. The minimum absolute atomic E-state index is 0.308. The van der Waals surface area contributed by atoms with E-state index in [1.165, 1.54) is 0 Å². The Hall–Kier alpha value is -4.90. The van der Waals surface area contributed by atoms with Gasteiger partial charge in [-0.15, -0.1) is 0 Å². The summed E-state index contributed by atoms with van der Waals surface area (Å²) in [4.78, 5) is 17.8. The van der Waals surface area contributed by atoms with Gasteiger partial charge in [-0.1, -0.05) is 48.6 Å². The summed E-state index contributed by atoms with van der Waals surface area (Å²) in [6, 6.07) is 28.0. The van der Waals surface area contributed by atoms with Crippen molar-refractivity contribution < 1.29 is 18.9 Å². The highest BCUT2D eigenvalue weighted by Crippen LogP contribution is 2.32. The first kappa shape index (κ1) is 25.7. The molecule has 0 amide bonds. The van der Waals surface area contributed by atoms with Crippen molar-refractivity contribution in [3.05, 3.63) is 96.8 Å². The molecule has 8 heteroatoms. The highest BCUT2D eigenvalue weighted by Gasteiger charge is 2.30. The molecule has 3 aromatic rings. The number of hydrogen-bond donors (Lipinski definition) is 0. The van der Waals surface area contributed by atoms with Crippen LogP contribution in [0.5, 0.6) is 17.2 Å². The highest BCUT2D eigenvalue weighted by molar-refractivity contribution is 5.64. The molecular formula is C31H28N4O4. The van der Waals surface area contributed by atoms with Gasteiger partial charge in [0.25, 0.3) is 0 Å². The third-order valence-electron chi connectivity index (χ3n) is 6.03. The quantitative estimate of drug-likeness (QED) is 0.316. The minimum atomic E-state index is -0.634. The van der Waals surface area contributed by atoms with Gasteiger partial charge in [-0.3, -0.25) is 0 Å². The number of hydrogen-bond acceptors (Lipinski definition) is 8. The largest absolute Gasteiger partial charge is 0.492 e. The van der Waals surface area contributed by atoms with Crippen LogP contribution < -0.4 is 14.2 Å². The second-order valence-corrected chi connectivity index (χ2v) is 8.88. The zero-order valence-corrected chi connectivity index (χ0v) is 21.6. The molecule has 196 valence electrons. The Bertz CT molecular complexity index is 1500. The Labute approximate surface area is 227 Å². The van der Waals surface area contributed by atoms with Crippen LogP contribution in [-0.4, -0.2) is 44.0 Å². The monoisotopic (exact) mass is 520 g/mol. The lowest BCUT2D eigenvalue weighted by molar-refractivity contribution is 0.129. The zero-order chi connectivity index (χ0) is 26.8. The molecule has 0 fully saturated rings. The zero-order valence-electron chi connectivity index (χ0n) is 21.6. The Morgan fingerprint density at radius 1 is 0.615 bits per heavy atom. The SMILES string of the molecule is CC12CC=CC=C1OCCOc1ccccc1N=C=Nc1ccccc1OCCOc1ccccc1N=C=N2. The molecule has 0 N–H and O–H groups in total. The average molecular weight is 521 g/mol. The fourth-order valence-corrected chi connectivity index (χ4v) is 3.98. The normalized spacial score (nSPS) is 19.2. The van der Waals surface area contributed by atoms with Gasteiger partial charge < -0.3 is 18.9 Å². The van der Waals surface area contributed by atoms with Gasteiger partial charge in [-0.05, 0) is 55.8 Å². The number of benzene rings is 3. The molecule has 1 aliphatic carbocycles. The molecular weight excluding hydrogens is 492 g/mol. The van der Waals surface area contributed by atoms with Crippen molar-refractivity contribution in [3.8, 4) is 17.2 Å². The molecule has 1 atom stereocenters. The smallest absolute Gasteiger partial charge is 0.145 e. The Morgan fingerprint density at radius 2 is 1.08 bits per heavy atom. The number of ether oxygens (including phenoxy) is 4. The van der Waals surface area contributed by atoms with E-state index in [2.05, 4.69) is 32.0 Å². The Kier molecular flexibility index (Phi) is 8.29. The first-order chi connectivity index (χ1) is 19.2. The van der Waals surface area contributed by atoms with Gasteiger partial charge in [0.15, 0.2) is 0 Å². The molecule has 0 spiro atoms. The van der Waals surface area contributed by atoms with Crippen LogP contribution in [0.4, 0.5) is 17.1 Å². The second-order valence-electron chi connectivity index (χ2n) is 8.88. The van der Waals surface area contributed by atoms with Crippen LogP contribution in [0.3, 0.4) is 0 Å². The lowest BCUT2D eigenvalue weighted by atomic mass is 9.92. The lowest BCUT2D eigenvalue weighted by Crippen LogP contribution is -2.28. The van der Waals surface area contributed by atoms with Crippen molar-refractivity contribution in [2.45, 2.75) is 18.9 Å². The van der Waals surface area contributed by atoms with E-state index in [0.29, 0.717) is 67.2 Å². The molecule has 0 saturated carbocycles. The van der Waals surface area contributed by atoms with Gasteiger partial charge in [-0.25, -0.2) is 4.99 Å². The number of nitrogens with zero attached hydrogens (tertiary/aromatic N) is 4. The summed E-state index contributed by atoms with van der Waals surface area (Å²) in [6.07, 6.45) is 6.58. The fraction of sp³-hybridized carbons (Fsp3) is 0.226. The van der Waals surface area contributed by atoms with Gasteiger partial charge in [0.05, 0.1) is 6.01 Å². The third kappa shape index (κ3) is 6.70. The first-order valence-corrected chi connectivity index (χ1v) is 12.7. The number of rotatable bonds is 0. The summed E-state index contributed by atoms with van der Waals surface area (Å²) >= 11 is 0. The van der Waals surface area contributed by atoms with Crippen LogP contribution in [0.1, 0.15) is 13.3 Å². The third-order valence-corrected chi connectivity index (χ3v) is 6.03. The van der Waals surface area contributed by atoms with Gasteiger partial charge in [-0.2, -0.15) is 15.0 Å². The topological polar surface area (TPSA) is 86.4 Å². The predicted molar refractivity (Wildman–Crippen MR) is 151 cm³/mol. The number of allylic oxidation sites excluding steroid dienone is 2.